The number of imide groups is 1. The molecule has 23 nitrogen and oxygen atoms in total. The van der Waals surface area contributed by atoms with Crippen LogP contribution in [-0.4, -0.2) is 119 Å². The van der Waals surface area contributed by atoms with Crippen molar-refractivity contribution in [1.29, 1.82) is 0 Å². The van der Waals surface area contributed by atoms with Crippen LogP contribution >= 0.6 is 0 Å². The highest BCUT2D eigenvalue weighted by Crippen LogP contribution is 2.31. The number of nitrogens with zero attached hydrogens (tertiary/aromatic N) is 4. The first-order valence-corrected chi connectivity index (χ1v) is 26.4. The number of nitrogens with two attached hydrogens (primary N) is 2. The molecule has 422 valence electrons. The average Bonchev–Trinajstić information content (AvgIpc) is 3.67. The SMILES string of the molecule is C=C(C1=Cc2ccc(C(=O)Nc3cncc(CNC(=O)CNC(=O)OCc4ccc(NC(=O)[C@H](CCCNC(N)=O)NC(=O)[C@@H](NC(=O)CCCCCN5C(=O)C=CC5=O)C(C)C)cc4)c3)cc2N=C(N)C1)N(CCC)CCC. The molecule has 0 saturated carbocycles. The molecule has 0 saturated heterocycles. The number of urea groups is 1. The lowest BCUT2D eigenvalue weighted by Crippen LogP contribution is -2.54. The number of unbranched alkanes of at least 4 members (excludes halogenated alkanes) is 2. The molecule has 2 aliphatic heterocycles. The molecule has 0 spiro atoms. The number of aromatic nitrogens is 1. The van der Waals surface area contributed by atoms with Gasteiger partial charge in [-0.2, -0.15) is 0 Å². The standard InChI is InChI=1S/C56H73N13O10/c1-6-23-68(24-7-2)36(5)41-27-39-16-17-40(28-45(39)65-46(57)29-41)52(74)64-43-26-38(30-59-32-43)31-61-48(71)33-62-56(78)79-34-37-14-18-42(19-15-37)63-53(75)44(12-11-22-60-55(58)77)66-54(76)51(35(3)4)67-47(70)13-9-8-10-25-69-49(72)20-21-50(69)73/h14-21,26-28,30,32,35,44,51H,5-13,22-25,29,31,33-34H2,1-4H3,(H2,57,65)(H,61,71)(H,62,78)(H,63,75)(H,64,74)(H,66,76)(H,67,70)(H3,58,60,77)/t44-,51-/m0/s1. The molecule has 5 rings (SSSR count). The second-order valence-electron chi connectivity index (χ2n) is 19.3. The number of benzene rings is 2. The molecule has 23 heteroatoms. The Balaban J connectivity index is 1.04. The number of rotatable bonds is 30. The maximum atomic E-state index is 13.6. The van der Waals surface area contributed by atoms with E-state index in [0.29, 0.717) is 65.3 Å². The molecule has 2 aromatic carbocycles. The molecular weight excluding hydrogens is 1010 g/mol. The third kappa shape index (κ3) is 19.9. The molecule has 10 amide bonds. The van der Waals surface area contributed by atoms with E-state index in [0.717, 1.165) is 47.7 Å². The van der Waals surface area contributed by atoms with Crippen LogP contribution in [0.2, 0.25) is 0 Å². The van der Waals surface area contributed by atoms with Crippen molar-refractivity contribution in [2.45, 2.75) is 111 Å². The molecular formula is C56H73N13O10. The van der Waals surface area contributed by atoms with E-state index < -0.39 is 54.4 Å². The van der Waals surface area contributed by atoms with E-state index in [2.05, 4.69) is 72.5 Å². The van der Waals surface area contributed by atoms with Gasteiger partial charge in [0.05, 0.1) is 17.6 Å². The summed E-state index contributed by atoms with van der Waals surface area (Å²) < 4.78 is 5.28. The number of alkyl carbamates (subject to hydrolysis) is 1. The zero-order valence-electron chi connectivity index (χ0n) is 45.3. The summed E-state index contributed by atoms with van der Waals surface area (Å²) in [5.41, 5.74) is 17.0. The van der Waals surface area contributed by atoms with E-state index >= 15 is 0 Å². The first kappa shape index (κ1) is 61.0. The van der Waals surface area contributed by atoms with Crippen LogP contribution in [0.3, 0.4) is 0 Å². The number of amidine groups is 1. The maximum absolute atomic E-state index is 13.6. The Morgan fingerprint density at radius 2 is 1.52 bits per heavy atom. The lowest BCUT2D eigenvalue weighted by molar-refractivity contribution is -0.137. The molecule has 3 heterocycles. The van der Waals surface area contributed by atoms with E-state index in [4.69, 9.17) is 16.2 Å². The Labute approximate surface area is 459 Å². The summed E-state index contributed by atoms with van der Waals surface area (Å²) in [6.07, 6.45) is 11.0. The number of hydrogen-bond donors (Lipinski definition) is 9. The van der Waals surface area contributed by atoms with Crippen molar-refractivity contribution < 1.29 is 47.9 Å². The second-order valence-corrected chi connectivity index (χ2v) is 19.3. The Hall–Kier alpha value is -8.89. The second kappa shape index (κ2) is 30.7. The molecule has 0 unspecified atom stereocenters. The molecule has 79 heavy (non-hydrogen) atoms. The Kier molecular flexibility index (Phi) is 23.7. The van der Waals surface area contributed by atoms with Gasteiger partial charge >= 0.3 is 12.1 Å². The molecule has 0 fully saturated rings. The smallest absolute Gasteiger partial charge is 0.407 e. The predicted octanol–water partition coefficient (Wildman–Crippen LogP) is 4.79. The zero-order chi connectivity index (χ0) is 57.4. The number of carbonyl (C=O) groups is 9. The minimum atomic E-state index is -1.08. The van der Waals surface area contributed by atoms with Gasteiger partial charge in [-0.05, 0) is 97.6 Å². The quantitative estimate of drug-likeness (QED) is 0.0321. The summed E-state index contributed by atoms with van der Waals surface area (Å²) in [7, 11) is 0. The summed E-state index contributed by atoms with van der Waals surface area (Å²) in [5.74, 6) is -3.12. The van der Waals surface area contributed by atoms with E-state index in [1.165, 1.54) is 24.5 Å². The van der Waals surface area contributed by atoms with Crippen molar-refractivity contribution in [2.24, 2.45) is 22.4 Å². The van der Waals surface area contributed by atoms with E-state index in [1.54, 1.807) is 56.3 Å². The van der Waals surface area contributed by atoms with Crippen LogP contribution < -0.4 is 48.7 Å². The van der Waals surface area contributed by atoms with Crippen molar-refractivity contribution in [3.63, 3.8) is 0 Å². The third-order valence-corrected chi connectivity index (χ3v) is 12.6. The van der Waals surface area contributed by atoms with E-state index in [9.17, 15) is 43.2 Å². The van der Waals surface area contributed by atoms with E-state index in [-0.39, 0.29) is 69.1 Å². The van der Waals surface area contributed by atoms with Gasteiger partial charge in [-0.1, -0.05) is 58.9 Å². The Morgan fingerprint density at radius 1 is 0.797 bits per heavy atom. The number of primary amides is 1. The van der Waals surface area contributed by atoms with Crippen molar-refractivity contribution >= 4 is 82.4 Å². The minimum absolute atomic E-state index is 0.0452. The number of ether oxygens (including phenoxy) is 1. The van der Waals surface area contributed by atoms with Crippen molar-refractivity contribution in [3.8, 4) is 0 Å². The van der Waals surface area contributed by atoms with Crippen LogP contribution in [0.4, 0.5) is 26.7 Å². The van der Waals surface area contributed by atoms with Gasteiger partial charge in [-0.3, -0.25) is 43.4 Å². The molecule has 11 N–H and O–H groups in total. The van der Waals surface area contributed by atoms with Gasteiger partial charge in [0.2, 0.25) is 23.6 Å². The number of pyridine rings is 1. The highest BCUT2D eigenvalue weighted by atomic mass is 16.5. The maximum Gasteiger partial charge on any atom is 0.407 e. The lowest BCUT2D eigenvalue weighted by Gasteiger charge is -2.27. The Morgan fingerprint density at radius 3 is 2.20 bits per heavy atom. The molecule has 2 atom stereocenters. The predicted molar refractivity (Wildman–Crippen MR) is 299 cm³/mol. The Bertz CT molecular complexity index is 2790. The van der Waals surface area contributed by atoms with Gasteiger partial charge in [0.25, 0.3) is 17.7 Å². The van der Waals surface area contributed by atoms with Gasteiger partial charge in [0.1, 0.15) is 31.1 Å². The fourth-order valence-corrected chi connectivity index (χ4v) is 8.44. The molecule has 0 aliphatic carbocycles. The molecule has 0 radical (unpaired) electrons. The topological polar surface area (TPSA) is 331 Å². The number of hydrogen-bond acceptors (Lipinski definition) is 14. The summed E-state index contributed by atoms with van der Waals surface area (Å²) in [5, 5.41) is 18.6. The molecule has 2 aliphatic rings. The fraction of sp³-hybridized carbons (Fsp3) is 0.411. The third-order valence-electron chi connectivity index (χ3n) is 12.6. The van der Waals surface area contributed by atoms with Crippen LogP contribution in [0.25, 0.3) is 6.08 Å². The molecule has 0 bridgehead atoms. The molecule has 1 aromatic heterocycles. The lowest BCUT2D eigenvalue weighted by atomic mass is 10.0. The number of nitrogens with one attached hydrogen (secondary N) is 7. The number of allylic oxidation sites excluding steroid dienone is 1. The average molecular weight is 1090 g/mol. The largest absolute Gasteiger partial charge is 0.445 e. The first-order valence-electron chi connectivity index (χ1n) is 26.4. The summed E-state index contributed by atoms with van der Waals surface area (Å²) in [4.78, 5) is 126. The van der Waals surface area contributed by atoms with E-state index in [1.807, 2.05) is 12.1 Å². The van der Waals surface area contributed by atoms with Crippen LogP contribution in [0.15, 0.2) is 95.9 Å². The normalized spacial score (nSPS) is 13.4. The first-order chi connectivity index (χ1) is 37.8. The van der Waals surface area contributed by atoms with Crippen LogP contribution in [-0.2, 0) is 46.7 Å². The number of anilines is 2. The van der Waals surface area contributed by atoms with Gasteiger partial charge in [0, 0.05) is 86.4 Å². The fourth-order valence-electron chi connectivity index (χ4n) is 8.44. The summed E-state index contributed by atoms with van der Waals surface area (Å²) in [6.45, 7) is 13.7. The van der Waals surface area contributed by atoms with Crippen molar-refractivity contribution in [1.82, 2.24) is 41.4 Å². The zero-order valence-corrected chi connectivity index (χ0v) is 45.3. The highest BCUT2D eigenvalue weighted by Gasteiger charge is 2.29. The van der Waals surface area contributed by atoms with Gasteiger partial charge in [0.15, 0.2) is 0 Å². The van der Waals surface area contributed by atoms with Crippen LogP contribution in [0.1, 0.15) is 113 Å². The number of amides is 10. The van der Waals surface area contributed by atoms with Gasteiger partial charge in [-0.15, -0.1) is 0 Å². The number of fused-ring (bicyclic) bond motifs is 1. The van der Waals surface area contributed by atoms with Gasteiger partial charge in [-0.25, -0.2) is 14.6 Å². The summed E-state index contributed by atoms with van der Waals surface area (Å²) >= 11 is 0. The minimum Gasteiger partial charge on any atom is -0.445 e. The highest BCUT2D eigenvalue weighted by molar-refractivity contribution is 6.13. The van der Waals surface area contributed by atoms with Gasteiger partial charge < -0.3 is 58.3 Å². The number of aliphatic imine (C=N–C) groups is 1. The van der Waals surface area contributed by atoms with Crippen LogP contribution in [0.5, 0.6) is 0 Å². The summed E-state index contributed by atoms with van der Waals surface area (Å²) in [6, 6.07) is 10.4. The van der Waals surface area contributed by atoms with Crippen LogP contribution in [0, 0.1) is 5.92 Å². The van der Waals surface area contributed by atoms with Crippen molar-refractivity contribution in [2.75, 3.05) is 43.4 Å². The monoisotopic (exact) mass is 1090 g/mol. The molecule has 3 aromatic rings. The van der Waals surface area contributed by atoms with Crippen molar-refractivity contribution in [3.05, 3.63) is 113 Å². The number of carbonyl (C=O) groups excluding carboxylic acids is 9.